The molecule has 144 valence electrons. The summed E-state index contributed by atoms with van der Waals surface area (Å²) in [5.74, 6) is 1.25. The number of aromatic nitrogens is 4. The molecule has 3 aromatic rings. The Hall–Kier alpha value is -2.18. The van der Waals surface area contributed by atoms with Crippen LogP contribution in [0.25, 0.3) is 17.3 Å². The van der Waals surface area contributed by atoms with Crippen LogP contribution in [0, 0.1) is 0 Å². The smallest absolute Gasteiger partial charge is 0.278 e. The molecule has 7 heteroatoms. The molecule has 0 radical (unpaired) electrons. The molecule has 27 heavy (non-hydrogen) atoms. The van der Waals surface area contributed by atoms with Crippen LogP contribution < -0.4 is 5.32 Å². The topological polar surface area (TPSA) is 68.8 Å². The third kappa shape index (κ3) is 3.77. The first-order chi connectivity index (χ1) is 12.7. The standard InChI is InChI=1S/C20H25N5O.ClH/c1-4-14-8-10-15(11-9-14)25-17-7-5-6-16(17)19(23-25)20-22-18(24-26-20)12-13(2)21-3;/h8-11,13,21H,4-7,12H2,1-3H3;1H. The predicted octanol–water partition coefficient (Wildman–Crippen LogP) is 3.55. The van der Waals surface area contributed by atoms with Crippen LogP contribution in [-0.2, 0) is 25.7 Å². The predicted molar refractivity (Wildman–Crippen MR) is 108 cm³/mol. The van der Waals surface area contributed by atoms with E-state index in [2.05, 4.69) is 58.3 Å². The Labute approximate surface area is 165 Å². The molecule has 0 aliphatic heterocycles. The van der Waals surface area contributed by atoms with Crippen LogP contribution in [0.2, 0.25) is 0 Å². The number of nitrogens with zero attached hydrogens (tertiary/aromatic N) is 4. The Morgan fingerprint density at radius 1 is 1.22 bits per heavy atom. The highest BCUT2D eigenvalue weighted by Crippen LogP contribution is 2.33. The summed E-state index contributed by atoms with van der Waals surface area (Å²) in [6.45, 7) is 4.27. The minimum atomic E-state index is 0. The maximum atomic E-state index is 5.54. The maximum absolute atomic E-state index is 5.54. The summed E-state index contributed by atoms with van der Waals surface area (Å²) < 4.78 is 7.60. The van der Waals surface area contributed by atoms with E-state index in [0.29, 0.717) is 11.9 Å². The zero-order valence-corrected chi connectivity index (χ0v) is 16.8. The zero-order chi connectivity index (χ0) is 18.1. The van der Waals surface area contributed by atoms with Gasteiger partial charge < -0.3 is 9.84 Å². The number of likely N-dealkylation sites (N-methyl/N-ethyl adjacent to an activating group) is 1. The molecule has 0 fully saturated rings. The van der Waals surface area contributed by atoms with Gasteiger partial charge in [-0.3, -0.25) is 0 Å². The fraction of sp³-hybridized carbons (Fsp3) is 0.450. The van der Waals surface area contributed by atoms with Gasteiger partial charge in [-0.05, 0) is 57.4 Å². The van der Waals surface area contributed by atoms with Crippen molar-refractivity contribution in [2.45, 2.75) is 52.0 Å². The maximum Gasteiger partial charge on any atom is 0.278 e. The number of nitrogens with one attached hydrogen (secondary N) is 1. The average molecular weight is 388 g/mol. The highest BCUT2D eigenvalue weighted by Gasteiger charge is 2.27. The summed E-state index contributed by atoms with van der Waals surface area (Å²) in [5.41, 5.74) is 5.79. The molecule has 0 bridgehead atoms. The second-order valence-electron chi connectivity index (χ2n) is 6.97. The Kier molecular flexibility index (Phi) is 5.97. The van der Waals surface area contributed by atoms with Crippen LogP contribution in [0.15, 0.2) is 28.8 Å². The van der Waals surface area contributed by atoms with Gasteiger partial charge in [-0.2, -0.15) is 10.1 Å². The van der Waals surface area contributed by atoms with E-state index in [1.54, 1.807) is 0 Å². The van der Waals surface area contributed by atoms with Crippen LogP contribution in [0.1, 0.15) is 42.9 Å². The summed E-state index contributed by atoms with van der Waals surface area (Å²) >= 11 is 0. The van der Waals surface area contributed by atoms with E-state index in [4.69, 9.17) is 9.62 Å². The van der Waals surface area contributed by atoms with E-state index >= 15 is 0 Å². The summed E-state index contributed by atoms with van der Waals surface area (Å²) in [6.07, 6.45) is 4.98. The normalized spacial score (nSPS) is 14.0. The minimum Gasteiger partial charge on any atom is -0.332 e. The number of benzene rings is 1. The summed E-state index contributed by atoms with van der Waals surface area (Å²) in [5, 5.41) is 12.2. The van der Waals surface area contributed by atoms with Gasteiger partial charge in [0.25, 0.3) is 5.89 Å². The molecule has 0 amide bonds. The molecule has 2 heterocycles. The van der Waals surface area contributed by atoms with Crippen LogP contribution >= 0.6 is 12.4 Å². The van der Waals surface area contributed by atoms with Gasteiger partial charge in [-0.1, -0.05) is 24.2 Å². The Morgan fingerprint density at radius 3 is 2.70 bits per heavy atom. The molecule has 1 aromatic carbocycles. The summed E-state index contributed by atoms with van der Waals surface area (Å²) in [6, 6.07) is 8.93. The first kappa shape index (κ1) is 19.6. The van der Waals surface area contributed by atoms with E-state index < -0.39 is 0 Å². The first-order valence-electron chi connectivity index (χ1n) is 9.40. The molecule has 4 rings (SSSR count). The lowest BCUT2D eigenvalue weighted by atomic mass is 10.1. The van der Waals surface area contributed by atoms with E-state index in [1.807, 2.05) is 7.05 Å². The molecule has 1 atom stereocenters. The van der Waals surface area contributed by atoms with Gasteiger partial charge >= 0.3 is 0 Å². The van der Waals surface area contributed by atoms with Crippen molar-refractivity contribution in [3.05, 3.63) is 46.9 Å². The largest absolute Gasteiger partial charge is 0.332 e. The second-order valence-corrected chi connectivity index (χ2v) is 6.97. The lowest BCUT2D eigenvalue weighted by Gasteiger charge is -2.06. The van der Waals surface area contributed by atoms with Crippen molar-refractivity contribution in [2.24, 2.45) is 0 Å². The van der Waals surface area contributed by atoms with E-state index in [-0.39, 0.29) is 12.4 Å². The van der Waals surface area contributed by atoms with Crippen LogP contribution in [-0.4, -0.2) is 33.0 Å². The molecule has 1 aliphatic rings. The SMILES string of the molecule is CCc1ccc(-n2nc(-c3nc(CC(C)NC)no3)c3c2CCC3)cc1.Cl. The second kappa shape index (κ2) is 8.23. The Morgan fingerprint density at radius 2 is 2.00 bits per heavy atom. The van der Waals surface area contributed by atoms with Crippen LogP contribution in [0.3, 0.4) is 0 Å². The lowest BCUT2D eigenvalue weighted by molar-refractivity contribution is 0.416. The molecule has 0 spiro atoms. The number of aryl methyl sites for hydroxylation is 1. The molecule has 1 unspecified atom stereocenters. The monoisotopic (exact) mass is 387 g/mol. The van der Waals surface area contributed by atoms with Crippen molar-refractivity contribution in [3.8, 4) is 17.3 Å². The molecule has 1 aliphatic carbocycles. The van der Waals surface area contributed by atoms with E-state index in [1.165, 1.54) is 16.8 Å². The van der Waals surface area contributed by atoms with Crippen molar-refractivity contribution in [2.75, 3.05) is 7.05 Å². The number of halogens is 1. The molecule has 2 aromatic heterocycles. The number of hydrogen-bond donors (Lipinski definition) is 1. The number of fused-ring (bicyclic) bond motifs is 1. The molecule has 0 saturated carbocycles. The fourth-order valence-electron chi connectivity index (χ4n) is 3.50. The quantitative estimate of drug-likeness (QED) is 0.700. The van der Waals surface area contributed by atoms with E-state index in [9.17, 15) is 0 Å². The number of rotatable bonds is 6. The fourth-order valence-corrected chi connectivity index (χ4v) is 3.50. The van der Waals surface area contributed by atoms with Gasteiger partial charge in [0.05, 0.1) is 5.69 Å². The molecule has 6 nitrogen and oxygen atoms in total. The van der Waals surface area contributed by atoms with Crippen molar-refractivity contribution >= 4 is 12.4 Å². The average Bonchev–Trinajstić information content (AvgIpc) is 3.38. The summed E-state index contributed by atoms with van der Waals surface area (Å²) in [4.78, 5) is 4.59. The van der Waals surface area contributed by atoms with Gasteiger partial charge in [0, 0.05) is 23.7 Å². The van der Waals surface area contributed by atoms with Crippen molar-refractivity contribution in [3.63, 3.8) is 0 Å². The minimum absolute atomic E-state index is 0. The van der Waals surface area contributed by atoms with Crippen LogP contribution in [0.4, 0.5) is 0 Å². The van der Waals surface area contributed by atoms with E-state index in [0.717, 1.165) is 49.3 Å². The number of hydrogen-bond acceptors (Lipinski definition) is 5. The molecule has 0 saturated heterocycles. The van der Waals surface area contributed by atoms with Gasteiger partial charge in [-0.15, -0.1) is 12.4 Å². The third-order valence-corrected chi connectivity index (χ3v) is 5.17. The lowest BCUT2D eigenvalue weighted by Crippen LogP contribution is -2.24. The highest BCUT2D eigenvalue weighted by atomic mass is 35.5. The Bertz CT molecular complexity index is 900. The van der Waals surface area contributed by atoms with Gasteiger partial charge in [-0.25, -0.2) is 4.68 Å². The molecular weight excluding hydrogens is 362 g/mol. The molecular formula is C20H26ClN5O. The van der Waals surface area contributed by atoms with Gasteiger partial charge in [0.1, 0.15) is 0 Å². The first-order valence-corrected chi connectivity index (χ1v) is 9.40. The Balaban J connectivity index is 0.00000210. The summed E-state index contributed by atoms with van der Waals surface area (Å²) in [7, 11) is 1.93. The zero-order valence-electron chi connectivity index (χ0n) is 16.0. The van der Waals surface area contributed by atoms with Gasteiger partial charge in [0.2, 0.25) is 0 Å². The third-order valence-electron chi connectivity index (χ3n) is 5.17. The highest BCUT2D eigenvalue weighted by molar-refractivity contribution is 5.85. The van der Waals surface area contributed by atoms with Gasteiger partial charge in [0.15, 0.2) is 11.5 Å². The molecule has 1 N–H and O–H groups in total. The van der Waals surface area contributed by atoms with Crippen LogP contribution in [0.5, 0.6) is 0 Å². The van der Waals surface area contributed by atoms with Crippen molar-refractivity contribution in [1.29, 1.82) is 0 Å². The van der Waals surface area contributed by atoms with Crippen molar-refractivity contribution in [1.82, 2.24) is 25.2 Å². The van der Waals surface area contributed by atoms with Crippen molar-refractivity contribution < 1.29 is 4.52 Å².